The zero-order valence-electron chi connectivity index (χ0n) is 13.0. The third kappa shape index (κ3) is 4.20. The number of carbonyl (C=O) groups is 2. The number of amides is 2. The minimum atomic E-state index is -1.33. The van der Waals surface area contributed by atoms with E-state index < -0.39 is 17.2 Å². The van der Waals surface area contributed by atoms with Crippen LogP contribution in [0.4, 0.5) is 11.4 Å². The molecule has 0 fully saturated rings. The molecule has 0 saturated carbocycles. The van der Waals surface area contributed by atoms with Gasteiger partial charge in [0.05, 0.1) is 20.8 Å². The Labute approximate surface area is 155 Å². The Morgan fingerprint density at radius 1 is 0.833 bits per heavy atom. The molecule has 0 saturated heterocycles. The lowest BCUT2D eigenvalue weighted by molar-refractivity contribution is -0.135. The number of nitrogens with one attached hydrogen (secondary N) is 2. The first-order valence-corrected chi connectivity index (χ1v) is 8.17. The molecule has 0 heterocycles. The van der Waals surface area contributed by atoms with E-state index in [0.717, 1.165) is 0 Å². The van der Waals surface area contributed by atoms with E-state index >= 15 is 0 Å². The Morgan fingerprint density at radius 3 is 2.08 bits per heavy atom. The lowest BCUT2D eigenvalue weighted by atomic mass is 9.90. The molecule has 0 aliphatic rings. The van der Waals surface area contributed by atoms with Crippen molar-refractivity contribution in [3.8, 4) is 0 Å². The van der Waals surface area contributed by atoms with Crippen molar-refractivity contribution in [1.82, 2.24) is 0 Å². The molecule has 2 aromatic rings. The van der Waals surface area contributed by atoms with Gasteiger partial charge in [-0.2, -0.15) is 0 Å². The van der Waals surface area contributed by atoms with E-state index in [4.69, 9.17) is 34.8 Å². The summed E-state index contributed by atoms with van der Waals surface area (Å²) in [6.45, 7) is 3.04. The van der Waals surface area contributed by atoms with Gasteiger partial charge in [0, 0.05) is 5.69 Å². The van der Waals surface area contributed by atoms with Gasteiger partial charge >= 0.3 is 0 Å². The van der Waals surface area contributed by atoms with E-state index in [-0.39, 0.29) is 0 Å². The molecule has 24 heavy (non-hydrogen) atoms. The molecule has 2 amide bonds. The van der Waals surface area contributed by atoms with E-state index in [0.29, 0.717) is 26.4 Å². The van der Waals surface area contributed by atoms with Crippen LogP contribution in [0.15, 0.2) is 42.5 Å². The Morgan fingerprint density at radius 2 is 1.46 bits per heavy atom. The first kappa shape index (κ1) is 18.6. The Hall–Kier alpha value is -1.75. The van der Waals surface area contributed by atoms with Crippen molar-refractivity contribution in [2.24, 2.45) is 5.41 Å². The van der Waals surface area contributed by atoms with Gasteiger partial charge in [0.25, 0.3) is 0 Å². The average Bonchev–Trinajstić information content (AvgIpc) is 2.53. The van der Waals surface area contributed by atoms with Gasteiger partial charge in [-0.05, 0) is 44.2 Å². The molecule has 0 aliphatic heterocycles. The summed E-state index contributed by atoms with van der Waals surface area (Å²) in [6, 6.07) is 11.5. The highest BCUT2D eigenvalue weighted by Gasteiger charge is 2.36. The van der Waals surface area contributed by atoms with Crippen molar-refractivity contribution in [1.29, 1.82) is 0 Å². The molecular weight excluding hydrogens is 371 g/mol. The highest BCUT2D eigenvalue weighted by molar-refractivity contribution is 6.42. The average molecular weight is 386 g/mol. The van der Waals surface area contributed by atoms with Crippen molar-refractivity contribution in [2.45, 2.75) is 13.8 Å². The van der Waals surface area contributed by atoms with E-state index in [9.17, 15) is 9.59 Å². The van der Waals surface area contributed by atoms with Crippen LogP contribution in [0.1, 0.15) is 13.8 Å². The van der Waals surface area contributed by atoms with Crippen LogP contribution in [0.5, 0.6) is 0 Å². The smallest absolute Gasteiger partial charge is 0.239 e. The Kier molecular flexibility index (Phi) is 5.75. The number of hydrogen-bond donors (Lipinski definition) is 2. The molecule has 0 radical (unpaired) electrons. The van der Waals surface area contributed by atoms with Crippen molar-refractivity contribution in [3.63, 3.8) is 0 Å². The normalized spacial score (nSPS) is 11.0. The molecule has 4 nitrogen and oxygen atoms in total. The monoisotopic (exact) mass is 384 g/mol. The van der Waals surface area contributed by atoms with Crippen LogP contribution in [0.2, 0.25) is 15.1 Å². The Balaban J connectivity index is 2.13. The maximum atomic E-state index is 12.5. The summed E-state index contributed by atoms with van der Waals surface area (Å²) in [5.41, 5.74) is -0.432. The number of hydrogen-bond acceptors (Lipinski definition) is 2. The first-order chi connectivity index (χ1) is 11.2. The van der Waals surface area contributed by atoms with Gasteiger partial charge in [-0.3, -0.25) is 9.59 Å². The van der Waals surface area contributed by atoms with Crippen molar-refractivity contribution in [3.05, 3.63) is 57.5 Å². The third-order valence-electron chi connectivity index (χ3n) is 3.43. The molecule has 126 valence electrons. The van der Waals surface area contributed by atoms with Gasteiger partial charge in [0.1, 0.15) is 5.41 Å². The number of benzene rings is 2. The van der Waals surface area contributed by atoms with Crippen molar-refractivity contribution in [2.75, 3.05) is 10.6 Å². The summed E-state index contributed by atoms with van der Waals surface area (Å²) in [4.78, 5) is 24.9. The lowest BCUT2D eigenvalue weighted by Crippen LogP contribution is -2.41. The quantitative estimate of drug-likeness (QED) is 0.706. The lowest BCUT2D eigenvalue weighted by Gasteiger charge is -2.23. The molecule has 0 aliphatic carbocycles. The highest BCUT2D eigenvalue weighted by atomic mass is 35.5. The second kappa shape index (κ2) is 7.43. The zero-order chi connectivity index (χ0) is 17.9. The van der Waals surface area contributed by atoms with E-state index in [1.54, 1.807) is 36.4 Å². The molecule has 7 heteroatoms. The fourth-order valence-corrected chi connectivity index (χ4v) is 2.29. The number of para-hydroxylation sites is 1. The fraction of sp³-hybridized carbons (Fsp3) is 0.176. The molecular formula is C17H15Cl3N2O2. The molecule has 0 aromatic heterocycles. The van der Waals surface area contributed by atoms with Crippen LogP contribution in [0, 0.1) is 5.41 Å². The summed E-state index contributed by atoms with van der Waals surface area (Å²) in [6.07, 6.45) is 0. The van der Waals surface area contributed by atoms with Gasteiger partial charge in [-0.15, -0.1) is 0 Å². The van der Waals surface area contributed by atoms with Gasteiger partial charge in [0.15, 0.2) is 0 Å². The molecule has 0 bridgehead atoms. The molecule has 2 N–H and O–H groups in total. The van der Waals surface area contributed by atoms with Gasteiger partial charge in [0.2, 0.25) is 11.8 Å². The van der Waals surface area contributed by atoms with Gasteiger partial charge < -0.3 is 10.6 Å². The minimum absolute atomic E-state index is 0.313. The van der Waals surface area contributed by atoms with Gasteiger partial charge in [-0.1, -0.05) is 46.9 Å². The standard InChI is InChI=1S/C17H15Cl3N2O2/c1-17(2,16(24)22-14-6-4-3-5-12(14)19)15(23)21-10-7-8-11(18)13(20)9-10/h3-9H,1-2H3,(H,21,23)(H,22,24). The molecule has 0 spiro atoms. The third-order valence-corrected chi connectivity index (χ3v) is 4.50. The predicted molar refractivity (Wildman–Crippen MR) is 99.0 cm³/mol. The van der Waals surface area contributed by atoms with Crippen LogP contribution >= 0.6 is 34.8 Å². The molecule has 0 unspecified atom stereocenters. The van der Waals surface area contributed by atoms with Crippen LogP contribution in [-0.2, 0) is 9.59 Å². The summed E-state index contributed by atoms with van der Waals surface area (Å²) in [5.74, 6) is -0.960. The SMILES string of the molecule is CC(C)(C(=O)Nc1ccc(Cl)c(Cl)c1)C(=O)Nc1ccccc1Cl. The van der Waals surface area contributed by atoms with Crippen LogP contribution in [-0.4, -0.2) is 11.8 Å². The maximum Gasteiger partial charge on any atom is 0.239 e. The first-order valence-electron chi connectivity index (χ1n) is 7.04. The summed E-state index contributed by atoms with van der Waals surface area (Å²) in [5, 5.41) is 6.40. The maximum absolute atomic E-state index is 12.5. The van der Waals surface area contributed by atoms with Crippen LogP contribution < -0.4 is 10.6 Å². The topological polar surface area (TPSA) is 58.2 Å². The number of anilines is 2. The molecule has 2 rings (SSSR count). The second-order valence-electron chi connectivity index (χ2n) is 5.64. The second-order valence-corrected chi connectivity index (χ2v) is 6.86. The minimum Gasteiger partial charge on any atom is -0.325 e. The van der Waals surface area contributed by atoms with Crippen molar-refractivity contribution >= 4 is 58.0 Å². The predicted octanol–water partition coefficient (Wildman–Crippen LogP) is 5.25. The van der Waals surface area contributed by atoms with E-state index in [1.165, 1.54) is 19.9 Å². The van der Waals surface area contributed by atoms with Crippen molar-refractivity contribution < 1.29 is 9.59 Å². The largest absolute Gasteiger partial charge is 0.325 e. The zero-order valence-corrected chi connectivity index (χ0v) is 15.3. The summed E-state index contributed by atoms with van der Waals surface area (Å²) < 4.78 is 0. The summed E-state index contributed by atoms with van der Waals surface area (Å²) >= 11 is 17.8. The van der Waals surface area contributed by atoms with Gasteiger partial charge in [-0.25, -0.2) is 0 Å². The van der Waals surface area contributed by atoms with E-state index in [1.807, 2.05) is 0 Å². The molecule has 2 aromatic carbocycles. The van der Waals surface area contributed by atoms with E-state index in [2.05, 4.69) is 10.6 Å². The Bertz CT molecular complexity index is 791. The summed E-state index contributed by atoms with van der Waals surface area (Å²) in [7, 11) is 0. The number of halogens is 3. The highest BCUT2D eigenvalue weighted by Crippen LogP contribution is 2.28. The van der Waals surface area contributed by atoms with Crippen LogP contribution in [0.25, 0.3) is 0 Å². The molecule has 0 atom stereocenters. The number of rotatable bonds is 4. The fourth-order valence-electron chi connectivity index (χ4n) is 1.81. The van der Waals surface area contributed by atoms with Crippen LogP contribution in [0.3, 0.4) is 0 Å². The number of carbonyl (C=O) groups excluding carboxylic acids is 2.